The Morgan fingerprint density at radius 3 is 2.52 bits per heavy atom. The zero-order chi connectivity index (χ0) is 15.4. The molecule has 0 aliphatic carbocycles. The maximum Gasteiger partial charge on any atom is 0.323 e. The summed E-state index contributed by atoms with van der Waals surface area (Å²) in [5.74, 6) is -1.32. The second-order valence-electron chi connectivity index (χ2n) is 4.46. The van der Waals surface area contributed by atoms with Gasteiger partial charge in [-0.05, 0) is 48.0 Å². The van der Waals surface area contributed by atoms with Crippen molar-refractivity contribution >= 4 is 39.2 Å². The van der Waals surface area contributed by atoms with Crippen LogP contribution in [0.25, 0.3) is 0 Å². The summed E-state index contributed by atoms with van der Waals surface area (Å²) in [6, 6.07) is 11.2. The number of benzene rings is 2. The molecule has 0 aromatic heterocycles. The van der Waals surface area contributed by atoms with Crippen molar-refractivity contribution in [3.05, 3.63) is 63.3 Å². The number of hydrogen-bond acceptors (Lipinski definition) is 2. The minimum atomic E-state index is -0.961. The zero-order valence-electron chi connectivity index (χ0n) is 10.9. The van der Waals surface area contributed by atoms with Gasteiger partial charge in [0.25, 0.3) is 0 Å². The van der Waals surface area contributed by atoms with Crippen molar-refractivity contribution in [3.8, 4) is 0 Å². The fraction of sp³-hybridized carbons (Fsp3) is 0.133. The molecule has 2 aromatic rings. The predicted molar refractivity (Wildman–Crippen MR) is 84.2 cm³/mol. The van der Waals surface area contributed by atoms with E-state index in [-0.39, 0.29) is 18.9 Å². The monoisotopic (exact) mass is 371 g/mol. The van der Waals surface area contributed by atoms with Gasteiger partial charge in [0.2, 0.25) is 0 Å². The second-order valence-corrected chi connectivity index (χ2v) is 5.75. The van der Waals surface area contributed by atoms with E-state index in [1.165, 1.54) is 12.1 Å². The highest BCUT2D eigenvalue weighted by Crippen LogP contribution is 2.24. The summed E-state index contributed by atoms with van der Waals surface area (Å²) < 4.78 is 14.1. The molecule has 0 aliphatic heterocycles. The smallest absolute Gasteiger partial charge is 0.323 e. The Morgan fingerprint density at radius 1 is 1.24 bits per heavy atom. The molecule has 0 atom stereocenters. The van der Waals surface area contributed by atoms with Gasteiger partial charge in [-0.3, -0.25) is 4.79 Å². The summed E-state index contributed by atoms with van der Waals surface area (Å²) in [7, 11) is 0. The van der Waals surface area contributed by atoms with Crippen LogP contribution in [0.3, 0.4) is 0 Å². The Morgan fingerprint density at radius 2 is 1.90 bits per heavy atom. The van der Waals surface area contributed by atoms with E-state index in [0.29, 0.717) is 16.3 Å². The predicted octanol–water partition coefficient (Wildman–Crippen LogP) is 4.33. The summed E-state index contributed by atoms with van der Waals surface area (Å²) in [4.78, 5) is 12.7. The minimum absolute atomic E-state index is 0.190. The molecule has 0 aliphatic rings. The first-order chi connectivity index (χ1) is 9.95. The number of rotatable bonds is 5. The van der Waals surface area contributed by atoms with Gasteiger partial charge >= 0.3 is 5.97 Å². The van der Waals surface area contributed by atoms with Crippen LogP contribution in [-0.2, 0) is 11.3 Å². The van der Waals surface area contributed by atoms with Crippen LogP contribution >= 0.6 is 27.5 Å². The largest absolute Gasteiger partial charge is 0.480 e. The summed E-state index contributed by atoms with van der Waals surface area (Å²) >= 11 is 9.18. The molecule has 0 radical (unpaired) electrons. The molecule has 21 heavy (non-hydrogen) atoms. The van der Waals surface area contributed by atoms with Crippen molar-refractivity contribution in [1.82, 2.24) is 0 Å². The first-order valence-corrected chi connectivity index (χ1v) is 7.29. The molecule has 110 valence electrons. The molecule has 3 nitrogen and oxygen atoms in total. The summed E-state index contributed by atoms with van der Waals surface area (Å²) in [5, 5.41) is 9.62. The number of carboxylic acid groups (broad SMARTS) is 1. The van der Waals surface area contributed by atoms with Gasteiger partial charge in [-0.1, -0.05) is 27.5 Å². The molecule has 2 aromatic carbocycles. The van der Waals surface area contributed by atoms with Crippen LogP contribution in [0.2, 0.25) is 5.02 Å². The molecule has 0 bridgehead atoms. The van der Waals surface area contributed by atoms with Gasteiger partial charge in [0.05, 0.1) is 0 Å². The lowest BCUT2D eigenvalue weighted by Crippen LogP contribution is -2.29. The second kappa shape index (κ2) is 6.91. The highest BCUT2D eigenvalue weighted by Gasteiger charge is 2.13. The van der Waals surface area contributed by atoms with E-state index in [4.69, 9.17) is 16.7 Å². The number of nitrogens with zero attached hydrogens (tertiary/aromatic N) is 1. The fourth-order valence-corrected chi connectivity index (χ4v) is 2.42. The Balaban J connectivity index is 2.30. The summed E-state index contributed by atoms with van der Waals surface area (Å²) in [6.07, 6.45) is 0. The number of carbonyl (C=O) groups is 1. The molecule has 0 saturated carbocycles. The number of carboxylic acids is 1. The van der Waals surface area contributed by atoms with E-state index in [2.05, 4.69) is 15.9 Å². The molecule has 1 N–H and O–H groups in total. The molecule has 0 saturated heterocycles. The average Bonchev–Trinajstić information content (AvgIpc) is 2.42. The highest BCUT2D eigenvalue weighted by molar-refractivity contribution is 9.10. The third-order valence-electron chi connectivity index (χ3n) is 2.89. The molecule has 6 heteroatoms. The maximum absolute atomic E-state index is 13.3. The molecule has 0 unspecified atom stereocenters. The van der Waals surface area contributed by atoms with E-state index < -0.39 is 5.97 Å². The zero-order valence-corrected chi connectivity index (χ0v) is 13.2. The van der Waals surface area contributed by atoms with Crippen molar-refractivity contribution in [1.29, 1.82) is 0 Å². The summed E-state index contributed by atoms with van der Waals surface area (Å²) in [5.41, 5.74) is 1.38. The van der Waals surface area contributed by atoms with Gasteiger partial charge in [0.15, 0.2) is 0 Å². The van der Waals surface area contributed by atoms with Crippen LogP contribution in [0, 0.1) is 5.82 Å². The Bertz CT molecular complexity index is 649. The molecule has 0 fully saturated rings. The third kappa shape index (κ3) is 4.44. The normalized spacial score (nSPS) is 10.4. The maximum atomic E-state index is 13.3. The van der Waals surface area contributed by atoms with Crippen LogP contribution < -0.4 is 4.90 Å². The standard InChI is InChI=1S/C15H12BrClFNO2/c16-14-6-3-12(18)7-10(14)8-19(9-15(20)21)13-4-1-11(17)2-5-13/h1-7H,8-9H2,(H,20,21). The van der Waals surface area contributed by atoms with Crippen LogP contribution in [0.1, 0.15) is 5.56 Å². The lowest BCUT2D eigenvalue weighted by atomic mass is 10.2. The van der Waals surface area contributed by atoms with Crippen LogP contribution in [0.4, 0.5) is 10.1 Å². The topological polar surface area (TPSA) is 40.5 Å². The first-order valence-electron chi connectivity index (χ1n) is 6.12. The molecular formula is C15H12BrClFNO2. The SMILES string of the molecule is O=C(O)CN(Cc1cc(F)ccc1Br)c1ccc(Cl)cc1. The fourth-order valence-electron chi connectivity index (χ4n) is 1.92. The lowest BCUT2D eigenvalue weighted by molar-refractivity contribution is -0.135. The van der Waals surface area contributed by atoms with Gasteiger partial charge in [-0.2, -0.15) is 0 Å². The average molecular weight is 373 g/mol. The van der Waals surface area contributed by atoms with E-state index in [9.17, 15) is 9.18 Å². The Kier molecular flexibility index (Phi) is 5.20. The third-order valence-corrected chi connectivity index (χ3v) is 3.91. The Hall–Kier alpha value is -1.59. The number of aliphatic carboxylic acids is 1. The van der Waals surface area contributed by atoms with Crippen molar-refractivity contribution in [2.45, 2.75) is 6.54 Å². The van der Waals surface area contributed by atoms with Gasteiger partial charge in [0, 0.05) is 21.7 Å². The number of hydrogen-bond donors (Lipinski definition) is 1. The van der Waals surface area contributed by atoms with Crippen LogP contribution in [0.5, 0.6) is 0 Å². The van der Waals surface area contributed by atoms with E-state index in [1.807, 2.05) is 0 Å². The van der Waals surface area contributed by atoms with E-state index in [1.54, 1.807) is 35.2 Å². The van der Waals surface area contributed by atoms with Crippen molar-refractivity contribution < 1.29 is 14.3 Å². The molecular weight excluding hydrogens is 361 g/mol. The van der Waals surface area contributed by atoms with Crippen molar-refractivity contribution in [3.63, 3.8) is 0 Å². The van der Waals surface area contributed by atoms with E-state index >= 15 is 0 Å². The summed E-state index contributed by atoms with van der Waals surface area (Å²) in [6.45, 7) is 0.0802. The van der Waals surface area contributed by atoms with Gasteiger partial charge in [-0.15, -0.1) is 0 Å². The highest BCUT2D eigenvalue weighted by atomic mass is 79.9. The first kappa shape index (κ1) is 15.8. The van der Waals surface area contributed by atoms with Gasteiger partial charge < -0.3 is 10.0 Å². The lowest BCUT2D eigenvalue weighted by Gasteiger charge is -2.23. The number of halogens is 3. The Labute approximate surface area is 135 Å². The minimum Gasteiger partial charge on any atom is -0.480 e. The molecule has 0 spiro atoms. The van der Waals surface area contributed by atoms with Gasteiger partial charge in [-0.25, -0.2) is 4.39 Å². The van der Waals surface area contributed by atoms with Crippen LogP contribution in [0.15, 0.2) is 46.9 Å². The van der Waals surface area contributed by atoms with Crippen molar-refractivity contribution in [2.24, 2.45) is 0 Å². The van der Waals surface area contributed by atoms with E-state index in [0.717, 1.165) is 4.47 Å². The van der Waals surface area contributed by atoms with Crippen molar-refractivity contribution in [2.75, 3.05) is 11.4 Å². The molecule has 2 rings (SSSR count). The number of anilines is 1. The molecule has 0 heterocycles. The molecule has 0 amide bonds. The van der Waals surface area contributed by atoms with Crippen LogP contribution in [-0.4, -0.2) is 17.6 Å². The van der Waals surface area contributed by atoms with Gasteiger partial charge in [0.1, 0.15) is 12.4 Å². The quantitative estimate of drug-likeness (QED) is 0.849.